The van der Waals surface area contributed by atoms with Crippen LogP contribution in [0.5, 0.6) is 0 Å². The number of carboxylic acid groups (broad SMARTS) is 1. The number of hydrogen-bond acceptors (Lipinski definition) is 6. The zero-order valence-electron chi connectivity index (χ0n) is 9.39. The Balaban J connectivity index is 2.07. The van der Waals surface area contributed by atoms with Crippen molar-refractivity contribution < 1.29 is 15.0 Å². The molecule has 5 nitrogen and oxygen atoms in total. The minimum atomic E-state index is -0.971. The Bertz CT molecular complexity index is 344. The van der Waals surface area contributed by atoms with E-state index < -0.39 is 5.97 Å². The van der Waals surface area contributed by atoms with Crippen LogP contribution in [0.25, 0.3) is 0 Å². The van der Waals surface area contributed by atoms with Crippen LogP contribution >= 0.6 is 23.1 Å². The standard InChI is InChI=1S/C10H16N2O3S2/c13-3-1-4-16-5-2-11-6-8-7-17-9(12-8)10(14)15/h7,11,13H,1-6H2,(H,14,15). The van der Waals surface area contributed by atoms with Crippen molar-refractivity contribution in [2.75, 3.05) is 24.7 Å². The highest BCUT2D eigenvalue weighted by Crippen LogP contribution is 2.09. The maximum atomic E-state index is 10.6. The summed E-state index contributed by atoms with van der Waals surface area (Å²) < 4.78 is 0. The Morgan fingerprint density at radius 3 is 3.00 bits per heavy atom. The fourth-order valence-electron chi connectivity index (χ4n) is 1.12. The largest absolute Gasteiger partial charge is 0.476 e. The predicted molar refractivity (Wildman–Crippen MR) is 69.8 cm³/mol. The number of aliphatic hydroxyl groups excluding tert-OH is 1. The van der Waals surface area contributed by atoms with Crippen LogP contribution in [-0.4, -0.2) is 45.8 Å². The first-order chi connectivity index (χ1) is 8.24. The van der Waals surface area contributed by atoms with Crippen molar-refractivity contribution in [3.05, 3.63) is 16.1 Å². The summed E-state index contributed by atoms with van der Waals surface area (Å²) in [6.45, 7) is 1.71. The van der Waals surface area contributed by atoms with Gasteiger partial charge in [0, 0.05) is 30.8 Å². The lowest BCUT2D eigenvalue weighted by molar-refractivity contribution is 0.0696. The molecule has 7 heteroatoms. The summed E-state index contributed by atoms with van der Waals surface area (Å²) in [6.07, 6.45) is 0.832. The van der Waals surface area contributed by atoms with E-state index in [4.69, 9.17) is 10.2 Å². The van der Waals surface area contributed by atoms with E-state index in [2.05, 4.69) is 10.3 Å². The number of aromatic nitrogens is 1. The second-order valence-electron chi connectivity index (χ2n) is 3.32. The number of aliphatic hydroxyl groups is 1. The maximum Gasteiger partial charge on any atom is 0.365 e. The number of nitrogens with zero attached hydrogens (tertiary/aromatic N) is 1. The molecule has 0 saturated heterocycles. The molecule has 1 rings (SSSR count). The van der Waals surface area contributed by atoms with Gasteiger partial charge in [0.2, 0.25) is 5.01 Å². The summed E-state index contributed by atoms with van der Waals surface area (Å²) in [4.78, 5) is 14.6. The Hall–Kier alpha value is -0.630. The van der Waals surface area contributed by atoms with Crippen LogP contribution in [-0.2, 0) is 6.54 Å². The van der Waals surface area contributed by atoms with Crippen molar-refractivity contribution in [3.8, 4) is 0 Å². The van der Waals surface area contributed by atoms with Gasteiger partial charge in [-0.3, -0.25) is 0 Å². The van der Waals surface area contributed by atoms with Gasteiger partial charge < -0.3 is 15.5 Å². The molecule has 0 bridgehead atoms. The molecular weight excluding hydrogens is 260 g/mol. The molecule has 0 aliphatic heterocycles. The molecule has 96 valence electrons. The number of thioether (sulfide) groups is 1. The van der Waals surface area contributed by atoms with Gasteiger partial charge >= 0.3 is 5.97 Å². The smallest absolute Gasteiger partial charge is 0.365 e. The van der Waals surface area contributed by atoms with Crippen molar-refractivity contribution in [1.82, 2.24) is 10.3 Å². The summed E-state index contributed by atoms with van der Waals surface area (Å²) in [5.41, 5.74) is 0.771. The molecule has 17 heavy (non-hydrogen) atoms. The van der Waals surface area contributed by atoms with Gasteiger partial charge in [0.15, 0.2) is 0 Å². The first kappa shape index (κ1) is 14.4. The summed E-state index contributed by atoms with van der Waals surface area (Å²) in [7, 11) is 0. The van der Waals surface area contributed by atoms with E-state index in [0.717, 1.165) is 41.5 Å². The van der Waals surface area contributed by atoms with E-state index in [1.807, 2.05) is 0 Å². The average molecular weight is 276 g/mol. The molecule has 0 saturated carbocycles. The summed E-state index contributed by atoms with van der Waals surface area (Å²) >= 11 is 2.94. The third-order valence-corrected chi connectivity index (χ3v) is 3.86. The highest BCUT2D eigenvalue weighted by molar-refractivity contribution is 7.99. The average Bonchev–Trinajstić information content (AvgIpc) is 2.77. The highest BCUT2D eigenvalue weighted by atomic mass is 32.2. The molecule has 0 unspecified atom stereocenters. The SMILES string of the molecule is O=C(O)c1nc(CNCCSCCCO)cs1. The van der Waals surface area contributed by atoms with Gasteiger partial charge in [-0.15, -0.1) is 11.3 Å². The topological polar surface area (TPSA) is 82.5 Å². The van der Waals surface area contributed by atoms with Crippen LogP contribution in [0.15, 0.2) is 5.38 Å². The van der Waals surface area contributed by atoms with Gasteiger partial charge in [0.25, 0.3) is 0 Å². The molecule has 0 atom stereocenters. The third-order valence-electron chi connectivity index (χ3n) is 1.91. The van der Waals surface area contributed by atoms with Crippen molar-refractivity contribution in [3.63, 3.8) is 0 Å². The predicted octanol–water partition coefficient (Wildman–Crippen LogP) is 1.05. The fraction of sp³-hybridized carbons (Fsp3) is 0.600. The number of nitrogens with one attached hydrogen (secondary N) is 1. The molecule has 0 radical (unpaired) electrons. The zero-order chi connectivity index (χ0) is 12.5. The van der Waals surface area contributed by atoms with Gasteiger partial charge in [-0.05, 0) is 12.2 Å². The minimum absolute atomic E-state index is 0.138. The van der Waals surface area contributed by atoms with Crippen LogP contribution in [0.1, 0.15) is 21.9 Å². The molecule has 0 fully saturated rings. The quantitative estimate of drug-likeness (QED) is 0.585. The van der Waals surface area contributed by atoms with Gasteiger partial charge in [-0.25, -0.2) is 9.78 Å². The Morgan fingerprint density at radius 2 is 2.35 bits per heavy atom. The lowest BCUT2D eigenvalue weighted by atomic mass is 10.5. The molecule has 0 amide bonds. The van der Waals surface area contributed by atoms with Crippen LogP contribution in [0.3, 0.4) is 0 Å². The molecule has 1 heterocycles. The monoisotopic (exact) mass is 276 g/mol. The lowest BCUT2D eigenvalue weighted by Gasteiger charge is -2.02. The number of thiazole rings is 1. The van der Waals surface area contributed by atoms with E-state index in [9.17, 15) is 4.79 Å². The van der Waals surface area contributed by atoms with E-state index in [1.165, 1.54) is 0 Å². The second kappa shape index (κ2) is 8.46. The Kier molecular flexibility index (Phi) is 7.18. The molecule has 0 aliphatic rings. The molecule has 0 aromatic carbocycles. The van der Waals surface area contributed by atoms with Crippen molar-refractivity contribution >= 4 is 29.1 Å². The minimum Gasteiger partial charge on any atom is -0.476 e. The summed E-state index contributed by atoms with van der Waals surface area (Å²) in [6, 6.07) is 0. The van der Waals surface area contributed by atoms with E-state index in [1.54, 1.807) is 17.1 Å². The van der Waals surface area contributed by atoms with Crippen LogP contribution < -0.4 is 5.32 Å². The molecule has 1 aromatic heterocycles. The summed E-state index contributed by atoms with van der Waals surface area (Å²) in [5, 5.41) is 22.4. The van der Waals surface area contributed by atoms with Gasteiger partial charge in [-0.2, -0.15) is 11.8 Å². The summed E-state index contributed by atoms with van der Waals surface area (Å²) in [5.74, 6) is 0.981. The molecule has 0 aliphatic carbocycles. The third kappa shape index (κ3) is 6.02. The Labute approximate surface area is 108 Å². The number of rotatable bonds is 9. The molecule has 1 aromatic rings. The number of carboxylic acids is 1. The van der Waals surface area contributed by atoms with Crippen LogP contribution in [0, 0.1) is 0 Å². The molecule has 3 N–H and O–H groups in total. The number of aromatic carboxylic acids is 1. The zero-order valence-corrected chi connectivity index (χ0v) is 11.0. The lowest BCUT2D eigenvalue weighted by Crippen LogP contribution is -2.17. The van der Waals surface area contributed by atoms with Gasteiger partial charge in [0.05, 0.1) is 5.69 Å². The van der Waals surface area contributed by atoms with Crippen molar-refractivity contribution in [2.45, 2.75) is 13.0 Å². The second-order valence-corrected chi connectivity index (χ2v) is 5.40. The van der Waals surface area contributed by atoms with Crippen LogP contribution in [0.2, 0.25) is 0 Å². The first-order valence-electron chi connectivity index (χ1n) is 5.31. The number of hydrogen-bond donors (Lipinski definition) is 3. The highest BCUT2D eigenvalue weighted by Gasteiger charge is 2.07. The fourth-order valence-corrected chi connectivity index (χ4v) is 2.60. The van der Waals surface area contributed by atoms with E-state index >= 15 is 0 Å². The van der Waals surface area contributed by atoms with E-state index in [0.29, 0.717) is 6.54 Å². The van der Waals surface area contributed by atoms with Crippen molar-refractivity contribution in [2.24, 2.45) is 0 Å². The Morgan fingerprint density at radius 1 is 1.53 bits per heavy atom. The molecular formula is C10H16N2O3S2. The first-order valence-corrected chi connectivity index (χ1v) is 7.34. The van der Waals surface area contributed by atoms with E-state index in [-0.39, 0.29) is 11.6 Å². The van der Waals surface area contributed by atoms with Gasteiger partial charge in [0.1, 0.15) is 0 Å². The van der Waals surface area contributed by atoms with Crippen molar-refractivity contribution in [1.29, 1.82) is 0 Å². The number of carbonyl (C=O) groups is 1. The van der Waals surface area contributed by atoms with Gasteiger partial charge in [-0.1, -0.05) is 0 Å². The normalized spacial score (nSPS) is 10.6. The maximum absolute atomic E-state index is 10.6. The van der Waals surface area contributed by atoms with Crippen LogP contribution in [0.4, 0.5) is 0 Å². The molecule has 0 spiro atoms.